The van der Waals surface area contributed by atoms with E-state index in [1.54, 1.807) is 6.08 Å². The molecule has 1 unspecified atom stereocenters. The van der Waals surface area contributed by atoms with E-state index in [2.05, 4.69) is 106 Å². The van der Waals surface area contributed by atoms with Crippen LogP contribution in [0.5, 0.6) is 0 Å². The highest BCUT2D eigenvalue weighted by atomic mass is 16.6. The zero-order valence-corrected chi connectivity index (χ0v) is 37.3. The van der Waals surface area contributed by atoms with Crippen LogP contribution >= 0.6 is 0 Å². The SMILES string of the molecule is CC/C=C\C/C=C\C/C=C\CC(=O)OCC(COC(=O)CCCCCCC\C=C/C=C\C=C/C=C\CCCCC)OC(=O)CCCCC/C=C\CCCCCCCC. The maximum absolute atomic E-state index is 12.7. The summed E-state index contributed by atoms with van der Waals surface area (Å²) in [5.41, 5.74) is 0. The van der Waals surface area contributed by atoms with E-state index in [4.69, 9.17) is 14.2 Å². The van der Waals surface area contributed by atoms with Crippen molar-refractivity contribution in [3.8, 4) is 0 Å². The molecular formula is C52H84O6. The minimum Gasteiger partial charge on any atom is -0.462 e. The average molecular weight is 805 g/mol. The molecule has 0 rings (SSSR count). The van der Waals surface area contributed by atoms with Gasteiger partial charge in [-0.2, -0.15) is 0 Å². The Kier molecular flexibility index (Phi) is 43.1. The normalized spacial score (nSPS) is 12.9. The van der Waals surface area contributed by atoms with Gasteiger partial charge in [-0.25, -0.2) is 0 Å². The molecule has 1 atom stereocenters. The largest absolute Gasteiger partial charge is 0.462 e. The van der Waals surface area contributed by atoms with Crippen LogP contribution in [0, 0.1) is 0 Å². The van der Waals surface area contributed by atoms with Crippen molar-refractivity contribution in [2.45, 2.75) is 200 Å². The Morgan fingerprint density at radius 2 is 0.810 bits per heavy atom. The molecule has 0 saturated carbocycles. The zero-order chi connectivity index (χ0) is 42.3. The van der Waals surface area contributed by atoms with E-state index in [0.29, 0.717) is 6.42 Å². The average Bonchev–Trinajstić information content (AvgIpc) is 3.22. The second kappa shape index (κ2) is 46.0. The van der Waals surface area contributed by atoms with Gasteiger partial charge in [0, 0.05) is 12.8 Å². The molecule has 0 aromatic heterocycles. The third-order valence-electron chi connectivity index (χ3n) is 9.42. The van der Waals surface area contributed by atoms with Gasteiger partial charge in [0.1, 0.15) is 13.2 Å². The number of allylic oxidation sites excluding steroid dienone is 15. The first-order valence-electron chi connectivity index (χ1n) is 23.3. The second-order valence-electron chi connectivity index (χ2n) is 15.0. The molecule has 0 saturated heterocycles. The Morgan fingerprint density at radius 3 is 1.40 bits per heavy atom. The molecule has 0 heterocycles. The summed E-state index contributed by atoms with van der Waals surface area (Å²) in [7, 11) is 0. The lowest BCUT2D eigenvalue weighted by molar-refractivity contribution is -0.166. The molecule has 0 aliphatic carbocycles. The number of hydrogen-bond acceptors (Lipinski definition) is 6. The van der Waals surface area contributed by atoms with Crippen LogP contribution < -0.4 is 0 Å². The molecule has 6 heteroatoms. The summed E-state index contributed by atoms with van der Waals surface area (Å²) in [6.45, 7) is 6.31. The van der Waals surface area contributed by atoms with Crippen molar-refractivity contribution < 1.29 is 28.6 Å². The van der Waals surface area contributed by atoms with E-state index in [1.165, 1.54) is 57.8 Å². The van der Waals surface area contributed by atoms with Crippen LogP contribution in [-0.2, 0) is 28.6 Å². The lowest BCUT2D eigenvalue weighted by Crippen LogP contribution is -2.30. The third kappa shape index (κ3) is 43.5. The summed E-state index contributed by atoms with van der Waals surface area (Å²) >= 11 is 0. The minimum absolute atomic E-state index is 0.124. The molecule has 0 amide bonds. The van der Waals surface area contributed by atoms with Gasteiger partial charge in [0.15, 0.2) is 6.10 Å². The van der Waals surface area contributed by atoms with Gasteiger partial charge in [-0.15, -0.1) is 0 Å². The summed E-state index contributed by atoms with van der Waals surface area (Å²) in [4.78, 5) is 37.6. The molecule has 0 bridgehead atoms. The highest BCUT2D eigenvalue weighted by Crippen LogP contribution is 2.12. The molecule has 0 radical (unpaired) electrons. The van der Waals surface area contributed by atoms with Gasteiger partial charge in [0.05, 0.1) is 6.42 Å². The summed E-state index contributed by atoms with van der Waals surface area (Å²) in [5.74, 6) is -1.10. The van der Waals surface area contributed by atoms with Crippen molar-refractivity contribution in [2.24, 2.45) is 0 Å². The maximum atomic E-state index is 12.7. The molecule has 0 aliphatic rings. The minimum atomic E-state index is -0.829. The van der Waals surface area contributed by atoms with E-state index in [1.807, 2.05) is 6.08 Å². The monoisotopic (exact) mass is 805 g/mol. The van der Waals surface area contributed by atoms with Gasteiger partial charge in [-0.05, 0) is 83.5 Å². The highest BCUT2D eigenvalue weighted by Gasteiger charge is 2.19. The van der Waals surface area contributed by atoms with Gasteiger partial charge in [-0.3, -0.25) is 14.4 Å². The van der Waals surface area contributed by atoms with Gasteiger partial charge < -0.3 is 14.2 Å². The van der Waals surface area contributed by atoms with Crippen molar-refractivity contribution in [1.82, 2.24) is 0 Å². The van der Waals surface area contributed by atoms with E-state index < -0.39 is 12.1 Å². The maximum Gasteiger partial charge on any atom is 0.309 e. The Balaban J connectivity index is 4.49. The number of ether oxygens (including phenoxy) is 3. The standard InChI is InChI=1S/C52H84O6/c1-4-7-10-13-16-19-21-23-24-25-26-27-29-30-33-36-39-42-45-51(54)57-48-49(47-56-50(53)44-41-38-35-32-18-15-12-9-6-3)58-52(55)46-43-40-37-34-31-28-22-20-17-14-11-8-5-2/h9,12,16,18-19,21,23-28,31-32,38,41,49H,4-8,10-11,13-15,17,20,22,29-30,33-37,39-40,42-48H2,1-3H3/b12-9-,19-16-,23-21-,25-24-,27-26-,31-28-,32-18-,41-38-. The number of esters is 3. The summed E-state index contributed by atoms with van der Waals surface area (Å²) in [6, 6.07) is 0. The van der Waals surface area contributed by atoms with Crippen LogP contribution in [0.3, 0.4) is 0 Å². The molecule has 0 aliphatic heterocycles. The fourth-order valence-corrected chi connectivity index (χ4v) is 5.92. The Morgan fingerprint density at radius 1 is 0.397 bits per heavy atom. The number of carbonyl (C=O) groups excluding carboxylic acids is 3. The van der Waals surface area contributed by atoms with Crippen molar-refractivity contribution in [3.05, 3.63) is 97.2 Å². The fourth-order valence-electron chi connectivity index (χ4n) is 5.92. The van der Waals surface area contributed by atoms with Gasteiger partial charge in [0.2, 0.25) is 0 Å². The first kappa shape index (κ1) is 54.3. The van der Waals surface area contributed by atoms with Crippen LogP contribution in [0.2, 0.25) is 0 Å². The zero-order valence-electron chi connectivity index (χ0n) is 37.3. The number of unbranched alkanes of at least 4 members (excludes halogenated alkanes) is 17. The van der Waals surface area contributed by atoms with Crippen LogP contribution in [0.25, 0.3) is 0 Å². The van der Waals surface area contributed by atoms with Crippen LogP contribution in [0.1, 0.15) is 194 Å². The topological polar surface area (TPSA) is 78.9 Å². The van der Waals surface area contributed by atoms with Crippen LogP contribution in [0.15, 0.2) is 97.2 Å². The van der Waals surface area contributed by atoms with Gasteiger partial charge in [0.25, 0.3) is 0 Å². The molecule has 58 heavy (non-hydrogen) atoms. The summed E-state index contributed by atoms with van der Waals surface area (Å²) in [6.07, 6.45) is 59.9. The lowest BCUT2D eigenvalue weighted by atomic mass is 10.1. The molecule has 328 valence electrons. The fraction of sp³-hybridized carbons (Fsp3) is 0.635. The Hall–Kier alpha value is -3.67. The van der Waals surface area contributed by atoms with E-state index in [-0.39, 0.29) is 38.0 Å². The molecule has 0 aromatic carbocycles. The summed E-state index contributed by atoms with van der Waals surface area (Å²) < 4.78 is 16.6. The Labute approximate surface area is 356 Å². The lowest BCUT2D eigenvalue weighted by Gasteiger charge is -2.18. The number of rotatable bonds is 40. The second-order valence-corrected chi connectivity index (χ2v) is 15.0. The number of carbonyl (C=O) groups is 3. The third-order valence-corrected chi connectivity index (χ3v) is 9.42. The van der Waals surface area contributed by atoms with E-state index in [9.17, 15) is 14.4 Å². The molecular weight excluding hydrogens is 721 g/mol. The van der Waals surface area contributed by atoms with Crippen molar-refractivity contribution in [1.29, 1.82) is 0 Å². The van der Waals surface area contributed by atoms with Crippen molar-refractivity contribution >= 4 is 17.9 Å². The predicted molar refractivity (Wildman–Crippen MR) is 247 cm³/mol. The summed E-state index contributed by atoms with van der Waals surface area (Å²) in [5, 5.41) is 0. The van der Waals surface area contributed by atoms with Gasteiger partial charge in [-0.1, -0.05) is 189 Å². The van der Waals surface area contributed by atoms with E-state index >= 15 is 0 Å². The van der Waals surface area contributed by atoms with Crippen LogP contribution in [0.4, 0.5) is 0 Å². The molecule has 6 nitrogen and oxygen atoms in total. The van der Waals surface area contributed by atoms with Crippen molar-refractivity contribution in [2.75, 3.05) is 13.2 Å². The molecule has 0 N–H and O–H groups in total. The molecule has 0 spiro atoms. The van der Waals surface area contributed by atoms with Crippen LogP contribution in [-0.4, -0.2) is 37.2 Å². The quantitative estimate of drug-likeness (QED) is 0.0202. The smallest absolute Gasteiger partial charge is 0.309 e. The van der Waals surface area contributed by atoms with Gasteiger partial charge >= 0.3 is 17.9 Å². The molecule has 0 fully saturated rings. The molecule has 0 aromatic rings. The Bertz CT molecular complexity index is 1200. The first-order valence-corrected chi connectivity index (χ1v) is 23.3. The predicted octanol–water partition coefficient (Wildman–Crippen LogP) is 15.0. The number of hydrogen-bond donors (Lipinski definition) is 0. The van der Waals surface area contributed by atoms with Crippen molar-refractivity contribution in [3.63, 3.8) is 0 Å². The highest BCUT2D eigenvalue weighted by molar-refractivity contribution is 5.72. The first-order chi connectivity index (χ1) is 28.5. The van der Waals surface area contributed by atoms with E-state index in [0.717, 1.165) is 96.3 Å².